The number of ether oxygens (including phenoxy) is 2. The fraction of sp³-hybridized carbons (Fsp3) is 0.643. The molecule has 1 heterocycles. The average Bonchev–Trinajstić information content (AvgIpc) is 3.30. The second kappa shape index (κ2) is 11.0. The van der Waals surface area contributed by atoms with Crippen molar-refractivity contribution in [3.63, 3.8) is 0 Å². The van der Waals surface area contributed by atoms with Crippen molar-refractivity contribution in [2.24, 2.45) is 0 Å². The molecule has 1 saturated heterocycles. The average molecular weight is 499 g/mol. The Morgan fingerprint density at radius 3 is 2.31 bits per heavy atom. The third-order valence-corrected chi connectivity index (χ3v) is 6.89. The topological polar surface area (TPSA) is 83.1 Å². The van der Waals surface area contributed by atoms with E-state index in [9.17, 15) is 9.59 Å². The highest BCUT2D eigenvalue weighted by molar-refractivity contribution is 6.62. The summed E-state index contributed by atoms with van der Waals surface area (Å²) in [5, 5.41) is 2.69. The highest BCUT2D eigenvalue weighted by Crippen LogP contribution is 2.36. The summed E-state index contributed by atoms with van der Waals surface area (Å²) >= 11 is 0. The number of hydrogen-bond acceptors (Lipinski definition) is 6. The van der Waals surface area contributed by atoms with Gasteiger partial charge in [0.25, 0.3) is 0 Å². The number of benzene rings is 1. The van der Waals surface area contributed by atoms with Gasteiger partial charge in [-0.2, -0.15) is 0 Å². The van der Waals surface area contributed by atoms with Crippen LogP contribution in [-0.4, -0.2) is 48.1 Å². The molecule has 8 heteroatoms. The van der Waals surface area contributed by atoms with Crippen LogP contribution in [0.25, 0.3) is 6.08 Å². The van der Waals surface area contributed by atoms with Crippen molar-refractivity contribution in [3.8, 4) is 0 Å². The Morgan fingerprint density at radius 1 is 1.11 bits per heavy atom. The molecule has 0 bridgehead atoms. The molecule has 1 atom stereocenters. The maximum absolute atomic E-state index is 12.9. The molecule has 7 nitrogen and oxygen atoms in total. The van der Waals surface area contributed by atoms with Gasteiger partial charge in [0.05, 0.1) is 11.2 Å². The third kappa shape index (κ3) is 7.59. The number of hydrogen-bond donors (Lipinski definition) is 1. The SMILES string of the molecule is Cc1cc(C=CC[C@H](NC(=O)OC(C)(C)C)C(=O)OC2CCCC2)cc(B2OC(C)(C)C(C)(C)O2)c1. The molecule has 1 N–H and O–H groups in total. The van der Waals surface area contributed by atoms with Gasteiger partial charge in [-0.3, -0.25) is 0 Å². The van der Waals surface area contributed by atoms with Crippen molar-refractivity contribution in [3.05, 3.63) is 35.4 Å². The predicted molar refractivity (Wildman–Crippen MR) is 142 cm³/mol. The van der Waals surface area contributed by atoms with Gasteiger partial charge in [0.1, 0.15) is 17.7 Å². The molecule has 36 heavy (non-hydrogen) atoms. The number of amides is 1. The molecule has 1 amide bonds. The summed E-state index contributed by atoms with van der Waals surface area (Å²) in [5.41, 5.74) is 1.48. The molecule has 0 aromatic heterocycles. The van der Waals surface area contributed by atoms with E-state index < -0.39 is 42.0 Å². The summed E-state index contributed by atoms with van der Waals surface area (Å²) in [6, 6.07) is 5.31. The molecular formula is C28H42BNO6. The number of alkyl carbamates (subject to hydrolysis) is 1. The van der Waals surface area contributed by atoms with E-state index in [1.54, 1.807) is 20.8 Å². The Hall–Kier alpha value is -2.32. The van der Waals surface area contributed by atoms with Crippen molar-refractivity contribution in [1.29, 1.82) is 0 Å². The Morgan fingerprint density at radius 2 is 1.72 bits per heavy atom. The Bertz CT molecular complexity index is 959. The van der Waals surface area contributed by atoms with Crippen molar-refractivity contribution >= 4 is 30.7 Å². The molecule has 0 radical (unpaired) electrons. The van der Waals surface area contributed by atoms with Gasteiger partial charge in [0.15, 0.2) is 0 Å². The first kappa shape index (κ1) is 28.3. The van der Waals surface area contributed by atoms with Crippen molar-refractivity contribution in [2.75, 3.05) is 0 Å². The summed E-state index contributed by atoms with van der Waals surface area (Å²) in [7, 11) is -0.454. The normalized spacial score (nSPS) is 20.5. The maximum atomic E-state index is 12.9. The number of rotatable bonds is 7. The summed E-state index contributed by atoms with van der Waals surface area (Å²) < 4.78 is 23.5. The summed E-state index contributed by atoms with van der Waals surface area (Å²) in [6.07, 6.45) is 7.23. The van der Waals surface area contributed by atoms with Crippen LogP contribution in [0.15, 0.2) is 24.3 Å². The number of carbonyl (C=O) groups is 2. The standard InChI is InChI=1S/C28H42BNO6/c1-19-16-20(18-21(17-19)29-35-27(5,6)28(7,8)36-29)12-11-15-23(30-25(32)34-26(2,3)4)24(31)33-22-13-9-10-14-22/h11-12,16-18,22-23H,9-10,13-15H2,1-8H3,(H,30,32)/t23-/m0/s1. The van der Waals surface area contributed by atoms with E-state index >= 15 is 0 Å². The molecule has 2 aliphatic rings. The van der Waals surface area contributed by atoms with Crippen LogP contribution in [-0.2, 0) is 23.6 Å². The largest absolute Gasteiger partial charge is 0.494 e. The van der Waals surface area contributed by atoms with Gasteiger partial charge < -0.3 is 24.1 Å². The van der Waals surface area contributed by atoms with E-state index in [0.717, 1.165) is 42.3 Å². The minimum Gasteiger partial charge on any atom is -0.461 e. The minimum atomic E-state index is -0.830. The molecule has 1 aliphatic heterocycles. The molecule has 1 aliphatic carbocycles. The van der Waals surface area contributed by atoms with E-state index in [1.807, 2.05) is 52.8 Å². The van der Waals surface area contributed by atoms with Crippen LogP contribution in [0, 0.1) is 6.92 Å². The summed E-state index contributed by atoms with van der Waals surface area (Å²) in [5.74, 6) is -0.431. The molecular weight excluding hydrogens is 457 g/mol. The second-order valence-corrected chi connectivity index (χ2v) is 11.9. The lowest BCUT2D eigenvalue weighted by atomic mass is 9.77. The van der Waals surface area contributed by atoms with Crippen LogP contribution in [0.4, 0.5) is 4.79 Å². The zero-order chi connectivity index (χ0) is 26.7. The first-order valence-corrected chi connectivity index (χ1v) is 13.0. The molecule has 1 aromatic carbocycles. The van der Waals surface area contributed by atoms with Crippen LogP contribution < -0.4 is 10.8 Å². The number of aryl methyl sites for hydroxylation is 1. The zero-order valence-corrected chi connectivity index (χ0v) is 23.1. The number of carbonyl (C=O) groups excluding carboxylic acids is 2. The first-order chi connectivity index (χ1) is 16.6. The first-order valence-electron chi connectivity index (χ1n) is 13.0. The van der Waals surface area contributed by atoms with Crippen LogP contribution >= 0.6 is 0 Å². The quantitative estimate of drug-likeness (QED) is 0.416. The van der Waals surface area contributed by atoms with Gasteiger partial charge in [-0.1, -0.05) is 35.9 Å². The molecule has 3 rings (SSSR count). The lowest BCUT2D eigenvalue weighted by Gasteiger charge is -2.32. The lowest BCUT2D eigenvalue weighted by molar-refractivity contribution is -0.151. The van der Waals surface area contributed by atoms with Crippen LogP contribution in [0.5, 0.6) is 0 Å². The van der Waals surface area contributed by atoms with Crippen LogP contribution in [0.2, 0.25) is 0 Å². The minimum absolute atomic E-state index is 0.0799. The van der Waals surface area contributed by atoms with E-state index in [0.29, 0.717) is 0 Å². The smallest absolute Gasteiger partial charge is 0.461 e. The monoisotopic (exact) mass is 499 g/mol. The molecule has 0 unspecified atom stereocenters. The van der Waals surface area contributed by atoms with E-state index in [2.05, 4.69) is 17.4 Å². The second-order valence-electron chi connectivity index (χ2n) is 11.9. The third-order valence-electron chi connectivity index (χ3n) is 6.89. The Labute approximate surface area is 216 Å². The van der Waals surface area contributed by atoms with Gasteiger partial charge in [0, 0.05) is 0 Å². The van der Waals surface area contributed by atoms with Crippen molar-refractivity contribution in [1.82, 2.24) is 5.32 Å². The van der Waals surface area contributed by atoms with E-state index in [4.69, 9.17) is 18.8 Å². The van der Waals surface area contributed by atoms with Gasteiger partial charge in [-0.25, -0.2) is 9.59 Å². The van der Waals surface area contributed by atoms with Crippen molar-refractivity contribution < 1.29 is 28.4 Å². The van der Waals surface area contributed by atoms with Gasteiger partial charge in [0.2, 0.25) is 0 Å². The van der Waals surface area contributed by atoms with E-state index in [1.165, 1.54) is 0 Å². The van der Waals surface area contributed by atoms with Gasteiger partial charge in [-0.05, 0) is 98.5 Å². The lowest BCUT2D eigenvalue weighted by Crippen LogP contribution is -2.44. The van der Waals surface area contributed by atoms with Gasteiger partial charge >= 0.3 is 19.2 Å². The number of nitrogens with one attached hydrogen (secondary N) is 1. The maximum Gasteiger partial charge on any atom is 0.494 e. The fourth-order valence-electron chi connectivity index (χ4n) is 4.31. The van der Waals surface area contributed by atoms with Crippen molar-refractivity contribution in [2.45, 2.75) is 116 Å². The summed E-state index contributed by atoms with van der Waals surface area (Å²) in [6.45, 7) is 15.5. The molecule has 0 spiro atoms. The van der Waals surface area contributed by atoms with E-state index in [-0.39, 0.29) is 12.5 Å². The summed E-state index contributed by atoms with van der Waals surface area (Å²) in [4.78, 5) is 25.3. The Kier molecular flexibility index (Phi) is 8.61. The molecule has 1 aromatic rings. The molecule has 198 valence electrons. The predicted octanol–water partition coefficient (Wildman–Crippen LogP) is 5.08. The Balaban J connectivity index is 1.72. The molecule has 2 fully saturated rings. The highest BCUT2D eigenvalue weighted by Gasteiger charge is 2.51. The van der Waals surface area contributed by atoms with Crippen LogP contribution in [0.1, 0.15) is 91.7 Å². The molecule has 1 saturated carbocycles. The zero-order valence-electron chi connectivity index (χ0n) is 23.1. The van der Waals surface area contributed by atoms with Gasteiger partial charge in [-0.15, -0.1) is 0 Å². The number of esters is 1. The van der Waals surface area contributed by atoms with Crippen LogP contribution in [0.3, 0.4) is 0 Å². The fourth-order valence-corrected chi connectivity index (χ4v) is 4.31. The highest BCUT2D eigenvalue weighted by atomic mass is 16.7.